The minimum absolute atomic E-state index is 0.223. The van der Waals surface area contributed by atoms with Gasteiger partial charge in [-0.1, -0.05) is 45.7 Å². The first-order valence-electron chi connectivity index (χ1n) is 11.2. The number of hydrogen-bond donors (Lipinski definition) is 1. The fourth-order valence-corrected chi connectivity index (χ4v) is 4.32. The number of hydrogen-bond acceptors (Lipinski definition) is 6. The van der Waals surface area contributed by atoms with E-state index in [0.29, 0.717) is 29.4 Å². The topological polar surface area (TPSA) is 94.2 Å². The molecule has 0 unspecified atom stereocenters. The van der Waals surface area contributed by atoms with Gasteiger partial charge < -0.3 is 14.2 Å². The summed E-state index contributed by atoms with van der Waals surface area (Å²) in [6.07, 6.45) is 1.34. The molecule has 4 rings (SSSR count). The summed E-state index contributed by atoms with van der Waals surface area (Å²) >= 11 is 9.97. The van der Waals surface area contributed by atoms with Crippen molar-refractivity contribution < 1.29 is 28.6 Å². The highest BCUT2D eigenvalue weighted by molar-refractivity contribution is 9.10. The van der Waals surface area contributed by atoms with Gasteiger partial charge in [-0.25, -0.2) is 9.69 Å². The van der Waals surface area contributed by atoms with Crippen molar-refractivity contribution in [2.75, 3.05) is 18.6 Å². The molecule has 0 bridgehead atoms. The fourth-order valence-electron chi connectivity index (χ4n) is 3.65. The number of nitrogens with one attached hydrogen (secondary N) is 1. The van der Waals surface area contributed by atoms with Gasteiger partial charge in [0.15, 0.2) is 11.5 Å². The molecule has 1 fully saturated rings. The third-order valence-corrected chi connectivity index (χ3v) is 6.45. The van der Waals surface area contributed by atoms with E-state index in [1.54, 1.807) is 36.4 Å². The van der Waals surface area contributed by atoms with Crippen molar-refractivity contribution in [3.05, 3.63) is 86.9 Å². The second-order valence-electron chi connectivity index (χ2n) is 7.80. The summed E-state index contributed by atoms with van der Waals surface area (Å²) in [5, 5.41) is 2.42. The van der Waals surface area contributed by atoms with Gasteiger partial charge in [0, 0.05) is 10.0 Å². The van der Waals surface area contributed by atoms with E-state index in [1.807, 2.05) is 31.2 Å². The highest BCUT2D eigenvalue weighted by atomic mass is 79.9. The summed E-state index contributed by atoms with van der Waals surface area (Å²) in [5.74, 6) is -0.377. The molecule has 0 spiro atoms. The van der Waals surface area contributed by atoms with Gasteiger partial charge in [0.25, 0.3) is 11.8 Å². The van der Waals surface area contributed by atoms with Gasteiger partial charge in [-0.15, -0.1) is 0 Å². The first kappa shape index (κ1) is 26.2. The summed E-state index contributed by atoms with van der Waals surface area (Å²) < 4.78 is 17.7. The molecule has 1 N–H and O–H groups in total. The van der Waals surface area contributed by atoms with Gasteiger partial charge in [-0.05, 0) is 61.0 Å². The standard InChI is InChI=1S/C27H22BrClN2O6/c1-3-36-19-10-8-18(9-11-19)31-26(33)20(25(32)30-27(31)34)12-16-13-22(29)24(23(14-16)35-2)37-15-17-6-4-5-7-21(17)28/h4-14H,3,15H2,1-2H3,(H,30,32,34)/b20-12+. The van der Waals surface area contributed by atoms with Crippen LogP contribution in [0.4, 0.5) is 10.5 Å². The number of carbonyl (C=O) groups is 3. The summed E-state index contributed by atoms with van der Waals surface area (Å²) in [6, 6.07) is 16.3. The van der Waals surface area contributed by atoms with Crippen molar-refractivity contribution in [3.8, 4) is 17.2 Å². The van der Waals surface area contributed by atoms with Crippen molar-refractivity contribution in [2.24, 2.45) is 0 Å². The Labute approximate surface area is 226 Å². The molecule has 3 aromatic rings. The molecule has 1 aliphatic rings. The minimum Gasteiger partial charge on any atom is -0.494 e. The third-order valence-electron chi connectivity index (χ3n) is 5.40. The molecule has 37 heavy (non-hydrogen) atoms. The number of imide groups is 2. The lowest BCUT2D eigenvalue weighted by atomic mass is 10.1. The van der Waals surface area contributed by atoms with Crippen molar-refractivity contribution >= 4 is 57.1 Å². The molecule has 4 amide bonds. The van der Waals surface area contributed by atoms with Crippen LogP contribution in [0, 0.1) is 0 Å². The van der Waals surface area contributed by atoms with E-state index in [4.69, 9.17) is 25.8 Å². The van der Waals surface area contributed by atoms with Crippen LogP contribution in [0.25, 0.3) is 6.08 Å². The van der Waals surface area contributed by atoms with E-state index in [2.05, 4.69) is 21.2 Å². The van der Waals surface area contributed by atoms with Crippen LogP contribution in [0.2, 0.25) is 5.02 Å². The number of carbonyl (C=O) groups excluding carboxylic acids is 3. The van der Waals surface area contributed by atoms with E-state index in [-0.39, 0.29) is 22.9 Å². The molecule has 0 saturated carbocycles. The first-order valence-corrected chi connectivity index (χ1v) is 12.4. The average Bonchev–Trinajstić information content (AvgIpc) is 2.87. The summed E-state index contributed by atoms with van der Waals surface area (Å²) in [4.78, 5) is 39.2. The van der Waals surface area contributed by atoms with Gasteiger partial charge in [-0.3, -0.25) is 14.9 Å². The van der Waals surface area contributed by atoms with Crippen molar-refractivity contribution in [1.29, 1.82) is 0 Å². The lowest BCUT2D eigenvalue weighted by Gasteiger charge is -2.26. The number of halogens is 2. The van der Waals surface area contributed by atoms with Crippen molar-refractivity contribution in [2.45, 2.75) is 13.5 Å². The number of rotatable bonds is 8. The molecule has 0 aromatic heterocycles. The zero-order chi connectivity index (χ0) is 26.5. The Hall–Kier alpha value is -3.82. The van der Waals surface area contributed by atoms with E-state index in [1.165, 1.54) is 13.2 Å². The number of nitrogens with zero attached hydrogens (tertiary/aromatic N) is 1. The number of methoxy groups -OCH3 is 1. The molecule has 1 aliphatic heterocycles. The Morgan fingerprint density at radius 2 is 1.76 bits per heavy atom. The second-order valence-corrected chi connectivity index (χ2v) is 9.06. The van der Waals surface area contributed by atoms with Crippen molar-refractivity contribution in [1.82, 2.24) is 5.32 Å². The minimum atomic E-state index is -0.845. The summed E-state index contributed by atoms with van der Waals surface area (Å²) in [5.41, 5.74) is 1.37. The number of barbiturate groups is 1. The lowest BCUT2D eigenvalue weighted by molar-refractivity contribution is -0.122. The van der Waals surface area contributed by atoms with E-state index in [0.717, 1.165) is 14.9 Å². The molecule has 10 heteroatoms. The highest BCUT2D eigenvalue weighted by Crippen LogP contribution is 2.38. The molecule has 0 atom stereocenters. The van der Waals surface area contributed by atoms with Crippen LogP contribution >= 0.6 is 27.5 Å². The Morgan fingerprint density at radius 1 is 1.03 bits per heavy atom. The van der Waals surface area contributed by atoms with Gasteiger partial charge in [0.05, 0.1) is 24.4 Å². The first-order chi connectivity index (χ1) is 17.8. The van der Waals surface area contributed by atoms with Crippen LogP contribution in [0.3, 0.4) is 0 Å². The molecule has 190 valence electrons. The smallest absolute Gasteiger partial charge is 0.335 e. The van der Waals surface area contributed by atoms with E-state index in [9.17, 15) is 14.4 Å². The van der Waals surface area contributed by atoms with Crippen LogP contribution in [-0.2, 0) is 16.2 Å². The zero-order valence-electron chi connectivity index (χ0n) is 19.9. The SMILES string of the molecule is CCOc1ccc(N2C(=O)NC(=O)/C(=C\c3cc(Cl)c(OCc4ccccc4Br)c(OC)c3)C2=O)cc1. The van der Waals surface area contributed by atoms with Crippen LogP contribution in [0.1, 0.15) is 18.1 Å². The predicted molar refractivity (Wildman–Crippen MR) is 143 cm³/mol. The largest absolute Gasteiger partial charge is 0.494 e. The second kappa shape index (κ2) is 11.5. The van der Waals surface area contributed by atoms with Gasteiger partial charge >= 0.3 is 6.03 Å². The normalized spacial score (nSPS) is 14.5. The van der Waals surface area contributed by atoms with Gasteiger partial charge in [-0.2, -0.15) is 0 Å². The Kier molecular flexibility index (Phi) is 8.15. The molecule has 1 saturated heterocycles. The van der Waals surface area contributed by atoms with Crippen molar-refractivity contribution in [3.63, 3.8) is 0 Å². The third kappa shape index (κ3) is 5.79. The quantitative estimate of drug-likeness (QED) is 0.267. The number of ether oxygens (including phenoxy) is 3. The zero-order valence-corrected chi connectivity index (χ0v) is 22.3. The van der Waals surface area contributed by atoms with Crippen LogP contribution in [-0.4, -0.2) is 31.6 Å². The lowest BCUT2D eigenvalue weighted by Crippen LogP contribution is -2.54. The number of amides is 4. The number of benzene rings is 3. The maximum Gasteiger partial charge on any atom is 0.335 e. The van der Waals surface area contributed by atoms with Crippen LogP contribution in [0.15, 0.2) is 70.7 Å². The molecule has 1 heterocycles. The molecule has 8 nitrogen and oxygen atoms in total. The number of urea groups is 1. The molecular weight excluding hydrogens is 564 g/mol. The summed E-state index contributed by atoms with van der Waals surface area (Å²) in [7, 11) is 1.46. The maximum absolute atomic E-state index is 13.2. The molecular formula is C27H22BrClN2O6. The monoisotopic (exact) mass is 584 g/mol. The molecule has 0 radical (unpaired) electrons. The Morgan fingerprint density at radius 3 is 2.43 bits per heavy atom. The van der Waals surface area contributed by atoms with E-state index >= 15 is 0 Å². The Bertz CT molecular complexity index is 1390. The fraction of sp³-hybridized carbons (Fsp3) is 0.148. The number of anilines is 1. The highest BCUT2D eigenvalue weighted by Gasteiger charge is 2.37. The predicted octanol–water partition coefficient (Wildman–Crippen LogP) is 5.76. The van der Waals surface area contributed by atoms with E-state index < -0.39 is 17.8 Å². The maximum atomic E-state index is 13.2. The van der Waals surface area contributed by atoms with Gasteiger partial charge in [0.2, 0.25) is 0 Å². The molecule has 0 aliphatic carbocycles. The van der Waals surface area contributed by atoms with Gasteiger partial charge in [0.1, 0.15) is 17.9 Å². The Balaban J connectivity index is 1.62. The van der Waals surface area contributed by atoms with Crippen LogP contribution < -0.4 is 24.4 Å². The summed E-state index contributed by atoms with van der Waals surface area (Å²) in [6.45, 7) is 2.56. The molecule has 3 aromatic carbocycles. The van der Waals surface area contributed by atoms with Crippen LogP contribution in [0.5, 0.6) is 17.2 Å². The average molecular weight is 586 g/mol.